The number of hydrogen-bond donors (Lipinski definition) is 0. The number of benzene rings is 1. The zero-order chi connectivity index (χ0) is 12.8. The van der Waals surface area contributed by atoms with Gasteiger partial charge >= 0.3 is 0 Å². The predicted molar refractivity (Wildman–Crippen MR) is 63.6 cm³/mol. The van der Waals surface area contributed by atoms with Crippen molar-refractivity contribution >= 4 is 11.1 Å². The monoisotopic (exact) mass is 259 g/mol. The van der Waals surface area contributed by atoms with Gasteiger partial charge in [-0.15, -0.1) is 0 Å². The van der Waals surface area contributed by atoms with E-state index in [-0.39, 0.29) is 5.75 Å². The Labute approximate surface area is 103 Å². The summed E-state index contributed by atoms with van der Waals surface area (Å²) in [4.78, 5) is 0. The highest BCUT2D eigenvalue weighted by atomic mass is 32.2. The van der Waals surface area contributed by atoms with Crippen molar-refractivity contribution in [1.82, 2.24) is 0 Å². The Kier molecular flexibility index (Phi) is 5.24. The molecule has 17 heavy (non-hydrogen) atoms. The average Bonchev–Trinajstić information content (AvgIpc) is 2.34. The van der Waals surface area contributed by atoms with Gasteiger partial charge in [-0.3, -0.25) is 4.21 Å². The minimum Gasteiger partial charge on any atom is -0.772 e. The van der Waals surface area contributed by atoms with Crippen molar-refractivity contribution in [2.45, 2.75) is 6.42 Å². The summed E-state index contributed by atoms with van der Waals surface area (Å²) < 4.78 is 36.5. The zero-order valence-corrected chi connectivity index (χ0v) is 10.8. The van der Waals surface area contributed by atoms with E-state index >= 15 is 0 Å². The largest absolute Gasteiger partial charge is 0.772 e. The number of hydrogen-bond acceptors (Lipinski definition) is 5. The van der Waals surface area contributed by atoms with Crippen molar-refractivity contribution in [2.24, 2.45) is 0 Å². The molecule has 0 spiro atoms. The Balaban J connectivity index is 3.04. The Morgan fingerprint density at radius 1 is 1.12 bits per heavy atom. The first kappa shape index (κ1) is 13.8. The second-order valence-corrected chi connectivity index (χ2v) is 4.31. The van der Waals surface area contributed by atoms with Crippen LogP contribution in [0.4, 0.5) is 0 Å². The van der Waals surface area contributed by atoms with Crippen LogP contribution < -0.4 is 14.2 Å². The first-order chi connectivity index (χ1) is 8.12. The van der Waals surface area contributed by atoms with Gasteiger partial charge in [-0.2, -0.15) is 0 Å². The van der Waals surface area contributed by atoms with Gasteiger partial charge in [-0.05, 0) is 24.1 Å². The maximum absolute atomic E-state index is 10.5. The van der Waals surface area contributed by atoms with E-state index in [2.05, 4.69) is 0 Å². The maximum atomic E-state index is 10.5. The standard InChI is InChI=1S/C11H16O5S/c1-14-9-6-8(4-5-17(12)13)7-10(15-2)11(9)16-3/h6-7H,4-5H2,1-3H3,(H,12,13)/p-1. The van der Waals surface area contributed by atoms with E-state index in [0.717, 1.165) is 5.56 Å². The fraction of sp³-hybridized carbons (Fsp3) is 0.455. The van der Waals surface area contributed by atoms with Crippen LogP contribution in [0.15, 0.2) is 12.1 Å². The lowest BCUT2D eigenvalue weighted by atomic mass is 10.1. The molecule has 1 rings (SSSR count). The summed E-state index contributed by atoms with van der Waals surface area (Å²) in [6.07, 6.45) is 0.410. The van der Waals surface area contributed by atoms with Crippen LogP contribution in [0.5, 0.6) is 17.2 Å². The first-order valence-electron chi connectivity index (χ1n) is 4.97. The Bertz CT molecular complexity index is 380. The molecule has 0 fully saturated rings. The fourth-order valence-corrected chi connectivity index (χ4v) is 1.88. The SMILES string of the molecule is COc1cc(CCS(=O)[O-])cc(OC)c1OC. The summed E-state index contributed by atoms with van der Waals surface area (Å²) in [5, 5.41) is 0. The minimum absolute atomic E-state index is 0.0681. The molecule has 0 aliphatic carbocycles. The number of aryl methyl sites for hydroxylation is 1. The third-order valence-electron chi connectivity index (χ3n) is 2.28. The second kappa shape index (κ2) is 6.46. The normalized spacial score (nSPS) is 12.0. The van der Waals surface area contributed by atoms with E-state index in [9.17, 15) is 8.76 Å². The van der Waals surface area contributed by atoms with Crippen LogP contribution in [0.25, 0.3) is 0 Å². The molecule has 0 aromatic heterocycles. The highest BCUT2D eigenvalue weighted by molar-refractivity contribution is 7.79. The lowest BCUT2D eigenvalue weighted by Gasteiger charge is -2.14. The molecule has 1 unspecified atom stereocenters. The van der Waals surface area contributed by atoms with Gasteiger partial charge in [0, 0.05) is 5.75 Å². The van der Waals surface area contributed by atoms with E-state index in [1.54, 1.807) is 12.1 Å². The van der Waals surface area contributed by atoms with Crippen molar-refractivity contribution in [3.63, 3.8) is 0 Å². The minimum atomic E-state index is -2.05. The lowest BCUT2D eigenvalue weighted by Crippen LogP contribution is -2.02. The smallest absolute Gasteiger partial charge is 0.203 e. The number of methoxy groups -OCH3 is 3. The third kappa shape index (κ3) is 3.61. The molecule has 1 aromatic rings. The summed E-state index contributed by atoms with van der Waals surface area (Å²) >= 11 is -2.05. The second-order valence-electron chi connectivity index (χ2n) is 3.29. The lowest BCUT2D eigenvalue weighted by molar-refractivity contribution is 0.324. The fourth-order valence-electron chi connectivity index (χ4n) is 1.48. The van der Waals surface area contributed by atoms with Crippen molar-refractivity contribution in [2.75, 3.05) is 27.1 Å². The molecule has 0 bridgehead atoms. The van der Waals surface area contributed by atoms with Crippen molar-refractivity contribution in [1.29, 1.82) is 0 Å². The van der Waals surface area contributed by atoms with Gasteiger partial charge in [0.1, 0.15) is 0 Å². The molecule has 0 saturated carbocycles. The van der Waals surface area contributed by atoms with Crippen LogP contribution in [0.3, 0.4) is 0 Å². The summed E-state index contributed by atoms with van der Waals surface area (Å²) in [5.74, 6) is 1.62. The maximum Gasteiger partial charge on any atom is 0.203 e. The Morgan fingerprint density at radius 3 is 2.00 bits per heavy atom. The molecule has 1 aromatic carbocycles. The van der Waals surface area contributed by atoms with Crippen LogP contribution in [0.1, 0.15) is 5.56 Å². The average molecular weight is 259 g/mol. The molecule has 0 N–H and O–H groups in total. The van der Waals surface area contributed by atoms with Crippen LogP contribution in [0.2, 0.25) is 0 Å². The van der Waals surface area contributed by atoms with E-state index in [1.165, 1.54) is 21.3 Å². The van der Waals surface area contributed by atoms with Gasteiger partial charge in [0.25, 0.3) is 0 Å². The van der Waals surface area contributed by atoms with Crippen LogP contribution in [0, 0.1) is 0 Å². The molecule has 0 heterocycles. The third-order valence-corrected chi connectivity index (χ3v) is 2.82. The van der Waals surface area contributed by atoms with Gasteiger partial charge in [-0.25, -0.2) is 0 Å². The van der Waals surface area contributed by atoms with Crippen LogP contribution in [-0.4, -0.2) is 35.8 Å². The van der Waals surface area contributed by atoms with Crippen LogP contribution in [-0.2, 0) is 17.5 Å². The Hall–Kier alpha value is -1.27. The zero-order valence-electron chi connectivity index (χ0n) is 10.0. The molecule has 0 saturated heterocycles. The first-order valence-corrected chi connectivity index (χ1v) is 6.21. The summed E-state index contributed by atoms with van der Waals surface area (Å²) in [6, 6.07) is 3.49. The molecule has 6 heteroatoms. The van der Waals surface area contributed by atoms with E-state index in [1.807, 2.05) is 0 Å². The molecule has 96 valence electrons. The molecular weight excluding hydrogens is 244 g/mol. The van der Waals surface area contributed by atoms with E-state index in [4.69, 9.17) is 14.2 Å². The van der Waals surface area contributed by atoms with Crippen molar-refractivity contribution in [3.05, 3.63) is 17.7 Å². The highest BCUT2D eigenvalue weighted by Crippen LogP contribution is 2.38. The molecule has 0 radical (unpaired) electrons. The van der Waals surface area contributed by atoms with Gasteiger partial charge in [0.05, 0.1) is 21.3 Å². The van der Waals surface area contributed by atoms with Crippen LogP contribution >= 0.6 is 0 Å². The molecule has 0 amide bonds. The molecular formula is C11H15O5S-. The summed E-state index contributed by atoms with van der Waals surface area (Å²) in [7, 11) is 4.56. The topological polar surface area (TPSA) is 67.8 Å². The summed E-state index contributed by atoms with van der Waals surface area (Å²) in [6.45, 7) is 0. The van der Waals surface area contributed by atoms with Gasteiger partial charge in [0.15, 0.2) is 11.5 Å². The quantitative estimate of drug-likeness (QED) is 0.716. The highest BCUT2D eigenvalue weighted by Gasteiger charge is 2.12. The molecule has 0 aliphatic rings. The van der Waals surface area contributed by atoms with E-state index in [0.29, 0.717) is 23.7 Å². The number of ether oxygens (including phenoxy) is 3. The molecule has 1 atom stereocenters. The number of rotatable bonds is 6. The predicted octanol–water partition coefficient (Wildman–Crippen LogP) is 1.13. The molecule has 5 nitrogen and oxygen atoms in total. The van der Waals surface area contributed by atoms with Gasteiger partial charge < -0.3 is 18.8 Å². The van der Waals surface area contributed by atoms with E-state index < -0.39 is 11.1 Å². The summed E-state index contributed by atoms with van der Waals surface area (Å²) in [5.41, 5.74) is 0.823. The Morgan fingerprint density at radius 2 is 1.65 bits per heavy atom. The van der Waals surface area contributed by atoms with Gasteiger partial charge in [-0.1, -0.05) is 11.1 Å². The molecule has 0 aliphatic heterocycles. The van der Waals surface area contributed by atoms with Crippen molar-refractivity contribution in [3.8, 4) is 17.2 Å². The van der Waals surface area contributed by atoms with Crippen molar-refractivity contribution < 1.29 is 23.0 Å². The van der Waals surface area contributed by atoms with Gasteiger partial charge in [0.2, 0.25) is 5.75 Å².